The second-order valence-corrected chi connectivity index (χ2v) is 9.51. The Morgan fingerprint density at radius 1 is 1.15 bits per heavy atom. The fourth-order valence-corrected chi connectivity index (χ4v) is 5.67. The van der Waals surface area contributed by atoms with Crippen molar-refractivity contribution >= 4 is 33.2 Å². The molecule has 0 aliphatic heterocycles. The summed E-state index contributed by atoms with van der Waals surface area (Å²) in [7, 11) is -3.63. The lowest BCUT2D eigenvalue weighted by molar-refractivity contribution is 0.275. The average Bonchev–Trinajstić information content (AvgIpc) is 3.13. The Labute approximate surface area is 168 Å². The van der Waals surface area contributed by atoms with Gasteiger partial charge in [0.1, 0.15) is 5.02 Å². The molecule has 6 nitrogen and oxygen atoms in total. The van der Waals surface area contributed by atoms with E-state index in [0.717, 1.165) is 30.4 Å². The van der Waals surface area contributed by atoms with E-state index in [-0.39, 0.29) is 27.0 Å². The molecule has 0 bridgehead atoms. The number of aromatic nitrogens is 2. The van der Waals surface area contributed by atoms with Gasteiger partial charge in [0, 0.05) is 12.1 Å². The fraction of sp³-hybridized carbons (Fsp3) is 0.444. The third-order valence-electron chi connectivity index (χ3n) is 4.73. The Bertz CT molecular complexity index is 982. The van der Waals surface area contributed by atoms with Crippen molar-refractivity contribution in [3.8, 4) is 5.69 Å². The summed E-state index contributed by atoms with van der Waals surface area (Å²) in [6.07, 6.45) is 5.15. The van der Waals surface area contributed by atoms with Gasteiger partial charge in [-0.05, 0) is 51.0 Å². The summed E-state index contributed by atoms with van der Waals surface area (Å²) in [6.45, 7) is 3.78. The Hall–Kier alpha value is -1.41. The van der Waals surface area contributed by atoms with Crippen molar-refractivity contribution < 1.29 is 8.42 Å². The number of hydrogen-bond acceptors (Lipinski definition) is 4. The molecule has 1 saturated carbocycles. The normalized spacial score (nSPS) is 15.8. The van der Waals surface area contributed by atoms with E-state index in [1.165, 1.54) is 18.3 Å². The molecule has 1 aliphatic rings. The van der Waals surface area contributed by atoms with Crippen molar-refractivity contribution in [1.29, 1.82) is 0 Å². The first-order valence-corrected chi connectivity index (χ1v) is 11.0. The third-order valence-corrected chi connectivity index (χ3v) is 7.62. The summed E-state index contributed by atoms with van der Waals surface area (Å²) in [4.78, 5) is 12.4. The first-order chi connectivity index (χ1) is 12.7. The van der Waals surface area contributed by atoms with Crippen molar-refractivity contribution in [1.82, 2.24) is 14.1 Å². The molecule has 9 heteroatoms. The predicted molar refractivity (Wildman–Crippen MR) is 106 cm³/mol. The highest BCUT2D eigenvalue weighted by atomic mass is 35.5. The maximum absolute atomic E-state index is 13.2. The number of nitrogens with zero attached hydrogens (tertiary/aromatic N) is 3. The van der Waals surface area contributed by atoms with E-state index >= 15 is 0 Å². The number of rotatable bonds is 5. The molecule has 1 aromatic heterocycles. The summed E-state index contributed by atoms with van der Waals surface area (Å²) < 4.78 is 29.0. The van der Waals surface area contributed by atoms with Gasteiger partial charge in [-0.15, -0.1) is 0 Å². The van der Waals surface area contributed by atoms with Crippen LogP contribution in [0.2, 0.25) is 10.0 Å². The van der Waals surface area contributed by atoms with Crippen LogP contribution in [-0.2, 0) is 10.0 Å². The SMILES string of the molecule is CC(C)N(C1CCCC1)S(=O)(=O)c1ccc(-n2ncc(Cl)c(Cl)c2=O)cc1. The van der Waals surface area contributed by atoms with Gasteiger partial charge in [0.05, 0.1) is 21.8 Å². The molecule has 1 aromatic carbocycles. The van der Waals surface area contributed by atoms with Crippen LogP contribution in [0, 0.1) is 0 Å². The number of hydrogen-bond donors (Lipinski definition) is 0. The van der Waals surface area contributed by atoms with Gasteiger partial charge in [0.25, 0.3) is 5.56 Å². The second-order valence-electron chi connectivity index (χ2n) is 6.88. The summed E-state index contributed by atoms with van der Waals surface area (Å²) in [5.74, 6) is 0. The zero-order valence-electron chi connectivity index (χ0n) is 15.1. The van der Waals surface area contributed by atoms with Crippen molar-refractivity contribution in [3.63, 3.8) is 0 Å². The van der Waals surface area contributed by atoms with Gasteiger partial charge in [-0.25, -0.2) is 8.42 Å². The van der Waals surface area contributed by atoms with Crippen LogP contribution in [0.5, 0.6) is 0 Å². The molecule has 1 aliphatic carbocycles. The summed E-state index contributed by atoms with van der Waals surface area (Å²) >= 11 is 11.7. The molecule has 0 unspecified atom stereocenters. The average molecular weight is 430 g/mol. The molecule has 3 rings (SSSR count). The Morgan fingerprint density at radius 2 is 1.74 bits per heavy atom. The molecule has 27 heavy (non-hydrogen) atoms. The quantitative estimate of drug-likeness (QED) is 0.722. The van der Waals surface area contributed by atoms with E-state index in [4.69, 9.17) is 23.2 Å². The standard InChI is InChI=1S/C18H21Cl2N3O3S/c1-12(2)23(14-5-3-4-6-14)27(25,26)15-9-7-13(8-10-15)22-18(24)17(20)16(19)11-21-22/h7-12,14H,3-6H2,1-2H3. The number of halogens is 2. The molecule has 1 fully saturated rings. The molecular formula is C18H21Cl2N3O3S. The smallest absolute Gasteiger partial charge is 0.266 e. The van der Waals surface area contributed by atoms with Gasteiger partial charge in [0.15, 0.2) is 0 Å². The molecule has 146 valence electrons. The first kappa shape index (κ1) is 20.3. The van der Waals surface area contributed by atoms with Gasteiger partial charge >= 0.3 is 0 Å². The zero-order chi connectivity index (χ0) is 19.8. The number of sulfonamides is 1. The van der Waals surface area contributed by atoms with Gasteiger partial charge in [-0.1, -0.05) is 36.0 Å². The van der Waals surface area contributed by atoms with Crippen LogP contribution in [0.4, 0.5) is 0 Å². The minimum absolute atomic E-state index is 0.0361. The molecule has 0 saturated heterocycles. The largest absolute Gasteiger partial charge is 0.291 e. The lowest BCUT2D eigenvalue weighted by atomic mass is 10.2. The summed E-state index contributed by atoms with van der Waals surface area (Å²) in [5.41, 5.74) is -0.149. The highest BCUT2D eigenvalue weighted by molar-refractivity contribution is 7.89. The van der Waals surface area contributed by atoms with Crippen LogP contribution in [0.25, 0.3) is 5.69 Å². The topological polar surface area (TPSA) is 72.3 Å². The Morgan fingerprint density at radius 3 is 2.30 bits per heavy atom. The predicted octanol–water partition coefficient (Wildman–Crippen LogP) is 3.88. The lowest BCUT2D eigenvalue weighted by Crippen LogP contribution is -2.43. The van der Waals surface area contributed by atoms with Crippen molar-refractivity contribution in [2.24, 2.45) is 0 Å². The second kappa shape index (κ2) is 7.91. The van der Waals surface area contributed by atoms with Gasteiger partial charge in [0.2, 0.25) is 10.0 Å². The maximum atomic E-state index is 13.2. The van der Waals surface area contributed by atoms with E-state index in [2.05, 4.69) is 5.10 Å². The summed E-state index contributed by atoms with van der Waals surface area (Å²) in [6, 6.07) is 5.97. The minimum Gasteiger partial charge on any atom is -0.266 e. The highest BCUT2D eigenvalue weighted by Crippen LogP contribution is 2.30. The van der Waals surface area contributed by atoms with Crippen molar-refractivity contribution in [2.45, 2.75) is 56.5 Å². The van der Waals surface area contributed by atoms with E-state index in [9.17, 15) is 13.2 Å². The van der Waals surface area contributed by atoms with Crippen LogP contribution < -0.4 is 5.56 Å². The van der Waals surface area contributed by atoms with Gasteiger partial charge < -0.3 is 0 Å². The van der Waals surface area contributed by atoms with Gasteiger partial charge in [-0.3, -0.25) is 4.79 Å². The van der Waals surface area contributed by atoms with E-state index in [0.29, 0.717) is 5.69 Å². The maximum Gasteiger partial charge on any atom is 0.291 e. The van der Waals surface area contributed by atoms with Crippen LogP contribution in [0.15, 0.2) is 40.2 Å². The van der Waals surface area contributed by atoms with Crippen molar-refractivity contribution in [2.75, 3.05) is 0 Å². The monoisotopic (exact) mass is 429 g/mol. The van der Waals surface area contributed by atoms with Crippen LogP contribution in [0.1, 0.15) is 39.5 Å². The Balaban J connectivity index is 1.97. The molecule has 0 radical (unpaired) electrons. The van der Waals surface area contributed by atoms with Crippen LogP contribution >= 0.6 is 23.2 Å². The molecule has 0 spiro atoms. The highest BCUT2D eigenvalue weighted by Gasteiger charge is 2.35. The molecule has 2 aromatic rings. The lowest BCUT2D eigenvalue weighted by Gasteiger charge is -2.31. The molecule has 0 amide bonds. The summed E-state index contributed by atoms with van der Waals surface area (Å²) in [5, 5.41) is 3.90. The third kappa shape index (κ3) is 3.92. The fourth-order valence-electron chi connectivity index (χ4n) is 3.53. The van der Waals surface area contributed by atoms with Crippen molar-refractivity contribution in [3.05, 3.63) is 50.9 Å². The van der Waals surface area contributed by atoms with Crippen LogP contribution in [-0.4, -0.2) is 34.6 Å². The Kier molecular flexibility index (Phi) is 5.96. The molecule has 0 atom stereocenters. The van der Waals surface area contributed by atoms with E-state index in [1.807, 2.05) is 13.8 Å². The van der Waals surface area contributed by atoms with Crippen LogP contribution in [0.3, 0.4) is 0 Å². The van der Waals surface area contributed by atoms with E-state index in [1.54, 1.807) is 16.4 Å². The van der Waals surface area contributed by atoms with E-state index < -0.39 is 15.6 Å². The minimum atomic E-state index is -3.63. The molecular weight excluding hydrogens is 409 g/mol. The van der Waals surface area contributed by atoms with Gasteiger partial charge in [-0.2, -0.15) is 14.1 Å². The first-order valence-electron chi connectivity index (χ1n) is 8.81. The molecule has 0 N–H and O–H groups in total. The zero-order valence-corrected chi connectivity index (χ0v) is 17.4. The number of benzene rings is 1. The molecule has 1 heterocycles.